The van der Waals surface area contributed by atoms with Gasteiger partial charge in [-0.15, -0.1) is 0 Å². The average Bonchev–Trinajstić information content (AvgIpc) is 3.17. The van der Waals surface area contributed by atoms with Gasteiger partial charge in [0.1, 0.15) is 0 Å². The number of carbonyl (C=O) groups is 1. The summed E-state index contributed by atoms with van der Waals surface area (Å²) in [6, 6.07) is 7.64. The molecule has 116 valence electrons. The SMILES string of the molecule is O=NCC1C(C(=O)Nc2ccc(Br)cc2)C2CCC1C21CC1. The molecule has 3 saturated carbocycles. The number of rotatable bonds is 4. The Labute approximate surface area is 138 Å². The lowest BCUT2D eigenvalue weighted by atomic mass is 9.78. The first-order valence-electron chi connectivity index (χ1n) is 8.01. The topological polar surface area (TPSA) is 58.5 Å². The first kappa shape index (κ1) is 14.4. The normalized spacial score (nSPS) is 33.9. The molecule has 22 heavy (non-hydrogen) atoms. The smallest absolute Gasteiger partial charge is 0.228 e. The number of anilines is 1. The van der Waals surface area contributed by atoms with Gasteiger partial charge in [0, 0.05) is 16.1 Å². The molecule has 1 spiro atoms. The largest absolute Gasteiger partial charge is 0.326 e. The fraction of sp³-hybridized carbons (Fsp3) is 0.588. The summed E-state index contributed by atoms with van der Waals surface area (Å²) in [6.45, 7) is 0.293. The van der Waals surface area contributed by atoms with Gasteiger partial charge in [-0.25, -0.2) is 0 Å². The van der Waals surface area contributed by atoms with Crippen LogP contribution in [-0.2, 0) is 4.79 Å². The molecule has 4 rings (SSSR count). The third kappa shape index (κ3) is 2.05. The number of carbonyl (C=O) groups excluding carboxylic acids is 1. The van der Waals surface area contributed by atoms with E-state index >= 15 is 0 Å². The summed E-state index contributed by atoms with van der Waals surface area (Å²) in [5.41, 5.74) is 1.19. The number of nitrogens with one attached hydrogen (secondary N) is 1. The van der Waals surface area contributed by atoms with Crippen molar-refractivity contribution >= 4 is 27.5 Å². The van der Waals surface area contributed by atoms with Gasteiger partial charge in [0.05, 0.1) is 6.54 Å². The second-order valence-corrected chi connectivity index (χ2v) is 7.94. The monoisotopic (exact) mass is 362 g/mol. The van der Waals surface area contributed by atoms with E-state index in [-0.39, 0.29) is 17.7 Å². The maximum Gasteiger partial charge on any atom is 0.228 e. The molecular formula is C17H19BrN2O2. The summed E-state index contributed by atoms with van der Waals surface area (Å²) in [6.07, 6.45) is 4.78. The highest BCUT2D eigenvalue weighted by atomic mass is 79.9. The predicted molar refractivity (Wildman–Crippen MR) is 88.3 cm³/mol. The maximum atomic E-state index is 12.8. The van der Waals surface area contributed by atoms with Crippen molar-refractivity contribution in [1.29, 1.82) is 0 Å². The van der Waals surface area contributed by atoms with Crippen LogP contribution in [0.1, 0.15) is 25.7 Å². The number of hydrogen-bond acceptors (Lipinski definition) is 3. The van der Waals surface area contributed by atoms with E-state index in [1.807, 2.05) is 24.3 Å². The van der Waals surface area contributed by atoms with Gasteiger partial charge < -0.3 is 5.32 Å². The Kier molecular flexibility index (Phi) is 3.36. The number of amides is 1. The zero-order chi connectivity index (χ0) is 15.3. The van der Waals surface area contributed by atoms with Crippen LogP contribution in [0, 0.1) is 34.0 Å². The zero-order valence-corrected chi connectivity index (χ0v) is 13.9. The number of halogens is 1. The van der Waals surface area contributed by atoms with E-state index in [0.717, 1.165) is 16.6 Å². The molecule has 1 aromatic rings. The molecule has 0 heterocycles. The van der Waals surface area contributed by atoms with Crippen molar-refractivity contribution in [3.05, 3.63) is 33.6 Å². The van der Waals surface area contributed by atoms with Crippen LogP contribution in [0.2, 0.25) is 0 Å². The summed E-state index contributed by atoms with van der Waals surface area (Å²) in [5.74, 6) is 1.18. The van der Waals surface area contributed by atoms with Crippen molar-refractivity contribution in [3.8, 4) is 0 Å². The fourth-order valence-electron chi connectivity index (χ4n) is 5.28. The Bertz CT molecular complexity index is 612. The fourth-order valence-corrected chi connectivity index (χ4v) is 5.55. The number of benzene rings is 1. The van der Waals surface area contributed by atoms with Gasteiger partial charge in [-0.3, -0.25) is 4.79 Å². The van der Waals surface area contributed by atoms with E-state index in [9.17, 15) is 9.70 Å². The molecule has 4 unspecified atom stereocenters. The van der Waals surface area contributed by atoms with Gasteiger partial charge in [0.2, 0.25) is 5.91 Å². The highest BCUT2D eigenvalue weighted by Gasteiger charge is 2.69. The van der Waals surface area contributed by atoms with Crippen LogP contribution < -0.4 is 5.32 Å². The molecular weight excluding hydrogens is 344 g/mol. The minimum absolute atomic E-state index is 0.0393. The second kappa shape index (κ2) is 5.15. The van der Waals surface area contributed by atoms with Crippen LogP contribution in [0.15, 0.2) is 33.9 Å². The van der Waals surface area contributed by atoms with E-state index < -0.39 is 0 Å². The molecule has 4 atom stereocenters. The Hall–Kier alpha value is -1.23. The van der Waals surface area contributed by atoms with Gasteiger partial charge >= 0.3 is 0 Å². The van der Waals surface area contributed by atoms with E-state index in [1.165, 1.54) is 19.3 Å². The van der Waals surface area contributed by atoms with Crippen LogP contribution in [0.3, 0.4) is 0 Å². The van der Waals surface area contributed by atoms with Crippen molar-refractivity contribution in [3.63, 3.8) is 0 Å². The summed E-state index contributed by atoms with van der Waals surface area (Å²) in [5, 5.41) is 6.19. The Morgan fingerprint density at radius 3 is 2.55 bits per heavy atom. The molecule has 1 N–H and O–H groups in total. The minimum atomic E-state index is -0.0393. The van der Waals surface area contributed by atoms with Gasteiger partial charge in [-0.1, -0.05) is 21.1 Å². The third-order valence-electron chi connectivity index (χ3n) is 6.20. The third-order valence-corrected chi connectivity index (χ3v) is 6.73. The van der Waals surface area contributed by atoms with Crippen molar-refractivity contribution in [2.75, 3.05) is 11.9 Å². The number of nitrogens with zero attached hydrogens (tertiary/aromatic N) is 1. The molecule has 0 aliphatic heterocycles. The lowest BCUT2D eigenvalue weighted by molar-refractivity contribution is -0.123. The molecule has 0 aromatic heterocycles. The second-order valence-electron chi connectivity index (χ2n) is 7.02. The summed E-state index contributed by atoms with van der Waals surface area (Å²) >= 11 is 3.40. The van der Waals surface area contributed by atoms with E-state index in [4.69, 9.17) is 0 Å². The van der Waals surface area contributed by atoms with E-state index in [1.54, 1.807) is 0 Å². The van der Waals surface area contributed by atoms with Gasteiger partial charge in [-0.2, -0.15) is 4.91 Å². The Morgan fingerprint density at radius 1 is 1.23 bits per heavy atom. The quantitative estimate of drug-likeness (QED) is 0.815. The first-order valence-corrected chi connectivity index (χ1v) is 8.80. The Morgan fingerprint density at radius 2 is 1.91 bits per heavy atom. The van der Waals surface area contributed by atoms with Crippen molar-refractivity contribution in [1.82, 2.24) is 0 Å². The van der Waals surface area contributed by atoms with Gasteiger partial charge in [0.15, 0.2) is 0 Å². The van der Waals surface area contributed by atoms with Crippen LogP contribution >= 0.6 is 15.9 Å². The van der Waals surface area contributed by atoms with Gasteiger partial charge in [-0.05, 0) is 73.1 Å². The van der Waals surface area contributed by atoms with Crippen LogP contribution in [0.25, 0.3) is 0 Å². The molecule has 0 saturated heterocycles. The molecule has 2 bridgehead atoms. The Balaban J connectivity index is 1.56. The highest BCUT2D eigenvalue weighted by Crippen LogP contribution is 2.74. The zero-order valence-electron chi connectivity index (χ0n) is 12.3. The van der Waals surface area contributed by atoms with Gasteiger partial charge in [0.25, 0.3) is 0 Å². The molecule has 3 aliphatic rings. The maximum absolute atomic E-state index is 12.8. The summed E-state index contributed by atoms with van der Waals surface area (Å²) in [4.78, 5) is 23.7. The van der Waals surface area contributed by atoms with Crippen LogP contribution in [0.4, 0.5) is 5.69 Å². The van der Waals surface area contributed by atoms with Crippen LogP contribution in [0.5, 0.6) is 0 Å². The molecule has 3 aliphatic carbocycles. The molecule has 4 nitrogen and oxygen atoms in total. The van der Waals surface area contributed by atoms with E-state index in [2.05, 4.69) is 26.4 Å². The summed E-state index contributed by atoms with van der Waals surface area (Å²) < 4.78 is 0.991. The highest BCUT2D eigenvalue weighted by molar-refractivity contribution is 9.10. The molecule has 0 radical (unpaired) electrons. The van der Waals surface area contributed by atoms with Crippen molar-refractivity contribution in [2.45, 2.75) is 25.7 Å². The van der Waals surface area contributed by atoms with Crippen molar-refractivity contribution in [2.24, 2.45) is 34.3 Å². The lowest BCUT2D eigenvalue weighted by Gasteiger charge is -2.28. The standard InChI is InChI=1S/C17H19BrN2O2/c18-10-1-3-11(4-2-10)20-16(21)15-12(9-19-22)13-5-6-14(15)17(13)7-8-17/h1-4,12-15H,5-9H2,(H,20,21). The molecule has 1 amide bonds. The number of nitroso groups, excluding NO2 is 1. The van der Waals surface area contributed by atoms with Crippen molar-refractivity contribution < 1.29 is 4.79 Å². The minimum Gasteiger partial charge on any atom is -0.326 e. The predicted octanol–water partition coefficient (Wildman–Crippen LogP) is 4.21. The average molecular weight is 363 g/mol. The van der Waals surface area contributed by atoms with Crippen LogP contribution in [-0.4, -0.2) is 12.5 Å². The molecule has 5 heteroatoms. The molecule has 1 aromatic carbocycles. The number of hydrogen-bond donors (Lipinski definition) is 1. The first-order chi connectivity index (χ1) is 10.7. The lowest BCUT2D eigenvalue weighted by Crippen LogP contribution is -2.35. The molecule has 3 fully saturated rings. The summed E-state index contributed by atoms with van der Waals surface area (Å²) in [7, 11) is 0. The van der Waals surface area contributed by atoms with E-state index in [0.29, 0.717) is 23.8 Å².